The number of carbonyl (C=O) groups is 1. The minimum atomic E-state index is -0.233. The van der Waals surface area contributed by atoms with Crippen molar-refractivity contribution in [2.45, 2.75) is 18.3 Å². The molecule has 3 heteroatoms. The lowest BCUT2D eigenvalue weighted by atomic mass is 10.1. The first-order valence-corrected chi connectivity index (χ1v) is 3.34. The largest absolute Gasteiger partial charge is 0.348 e. The van der Waals surface area contributed by atoms with Gasteiger partial charge in [0.05, 0.1) is 5.41 Å². The summed E-state index contributed by atoms with van der Waals surface area (Å²) in [6.45, 7) is 0. The Morgan fingerprint density at radius 3 is 2.90 bits per heavy atom. The number of H-pyrrole nitrogens is 1. The van der Waals surface area contributed by atoms with Crippen molar-refractivity contribution in [1.29, 1.82) is 0 Å². The second-order valence-corrected chi connectivity index (χ2v) is 2.71. The van der Waals surface area contributed by atoms with Gasteiger partial charge in [0.2, 0.25) is 0 Å². The lowest BCUT2D eigenvalue weighted by Gasteiger charge is -1.98. The second-order valence-electron chi connectivity index (χ2n) is 2.71. The monoisotopic (exact) mass is 136 g/mol. The number of aromatic nitrogens is 2. The highest BCUT2D eigenvalue weighted by Gasteiger charge is 2.46. The molecule has 1 N–H and O–H groups in total. The van der Waals surface area contributed by atoms with Gasteiger partial charge in [-0.25, -0.2) is 4.98 Å². The summed E-state index contributed by atoms with van der Waals surface area (Å²) in [7, 11) is 0. The van der Waals surface area contributed by atoms with Crippen molar-refractivity contribution in [3.63, 3.8) is 0 Å². The van der Waals surface area contributed by atoms with Crippen LogP contribution < -0.4 is 0 Å². The van der Waals surface area contributed by atoms with E-state index in [4.69, 9.17) is 0 Å². The first-order chi connectivity index (χ1) is 4.87. The zero-order chi connectivity index (χ0) is 7.03. The molecule has 2 rings (SSSR count). The summed E-state index contributed by atoms with van der Waals surface area (Å²) in [6.07, 6.45) is 6.32. The van der Waals surface area contributed by atoms with Crippen LogP contribution in [0.5, 0.6) is 0 Å². The fraction of sp³-hybridized carbons (Fsp3) is 0.429. The van der Waals surface area contributed by atoms with E-state index in [1.54, 1.807) is 12.4 Å². The number of rotatable bonds is 2. The molecule has 0 aromatic carbocycles. The van der Waals surface area contributed by atoms with Crippen LogP contribution in [0.25, 0.3) is 0 Å². The van der Waals surface area contributed by atoms with E-state index in [1.807, 2.05) is 0 Å². The molecule has 0 aliphatic heterocycles. The summed E-state index contributed by atoms with van der Waals surface area (Å²) in [5, 5.41) is 0. The van der Waals surface area contributed by atoms with Gasteiger partial charge in [-0.1, -0.05) is 0 Å². The smallest absolute Gasteiger partial charge is 0.133 e. The van der Waals surface area contributed by atoms with E-state index in [2.05, 4.69) is 9.97 Å². The molecule has 0 bridgehead atoms. The molecule has 1 heterocycles. The second kappa shape index (κ2) is 1.68. The van der Waals surface area contributed by atoms with Crippen LogP contribution in [-0.2, 0) is 10.2 Å². The third-order valence-corrected chi connectivity index (χ3v) is 1.98. The fourth-order valence-electron chi connectivity index (χ4n) is 1.08. The molecule has 0 saturated heterocycles. The Morgan fingerprint density at radius 2 is 2.50 bits per heavy atom. The lowest BCUT2D eigenvalue weighted by molar-refractivity contribution is -0.110. The van der Waals surface area contributed by atoms with Gasteiger partial charge in [-0.05, 0) is 12.8 Å². The molecule has 0 spiro atoms. The van der Waals surface area contributed by atoms with E-state index in [9.17, 15) is 4.79 Å². The van der Waals surface area contributed by atoms with Crippen LogP contribution in [0.4, 0.5) is 0 Å². The Labute approximate surface area is 58.5 Å². The van der Waals surface area contributed by atoms with Crippen molar-refractivity contribution in [2.75, 3.05) is 0 Å². The topological polar surface area (TPSA) is 45.8 Å². The Bertz CT molecular complexity index is 236. The van der Waals surface area contributed by atoms with Crippen LogP contribution in [0, 0.1) is 0 Å². The van der Waals surface area contributed by atoms with Crippen molar-refractivity contribution < 1.29 is 4.79 Å². The zero-order valence-corrected chi connectivity index (χ0v) is 5.50. The van der Waals surface area contributed by atoms with Crippen LogP contribution in [-0.4, -0.2) is 16.3 Å². The number of imidazole rings is 1. The quantitative estimate of drug-likeness (QED) is 0.606. The minimum Gasteiger partial charge on any atom is -0.348 e. The summed E-state index contributed by atoms with van der Waals surface area (Å²) in [6, 6.07) is 0. The number of nitrogens with zero attached hydrogens (tertiary/aromatic N) is 1. The van der Waals surface area contributed by atoms with Crippen molar-refractivity contribution in [3.05, 3.63) is 18.2 Å². The predicted molar refractivity (Wildman–Crippen MR) is 35.6 cm³/mol. The first-order valence-electron chi connectivity index (χ1n) is 3.34. The molecule has 0 amide bonds. The van der Waals surface area contributed by atoms with Crippen LogP contribution in [0.3, 0.4) is 0 Å². The van der Waals surface area contributed by atoms with Crippen molar-refractivity contribution >= 4 is 6.29 Å². The summed E-state index contributed by atoms with van der Waals surface area (Å²) in [4.78, 5) is 17.5. The van der Waals surface area contributed by atoms with Crippen molar-refractivity contribution in [1.82, 2.24) is 9.97 Å². The highest BCUT2D eigenvalue weighted by atomic mass is 16.1. The van der Waals surface area contributed by atoms with Gasteiger partial charge in [0.1, 0.15) is 12.1 Å². The van der Waals surface area contributed by atoms with Crippen LogP contribution in [0.15, 0.2) is 12.4 Å². The van der Waals surface area contributed by atoms with Gasteiger partial charge in [-0.15, -0.1) is 0 Å². The molecule has 3 nitrogen and oxygen atoms in total. The molecule has 1 aromatic rings. The zero-order valence-electron chi connectivity index (χ0n) is 5.50. The molecular formula is C7H8N2O. The molecule has 1 fully saturated rings. The molecule has 1 aliphatic rings. The van der Waals surface area contributed by atoms with Gasteiger partial charge < -0.3 is 9.78 Å². The average Bonchev–Trinajstić information content (AvgIpc) is 2.58. The SMILES string of the molecule is O=CC1(c2ncc[nH]2)CC1. The predicted octanol–water partition coefficient (Wildman–Crippen LogP) is 0.640. The molecule has 1 aliphatic carbocycles. The number of carbonyl (C=O) groups excluding carboxylic acids is 1. The molecule has 52 valence electrons. The van der Waals surface area contributed by atoms with E-state index in [0.717, 1.165) is 25.0 Å². The van der Waals surface area contributed by atoms with Gasteiger partial charge in [-0.2, -0.15) is 0 Å². The summed E-state index contributed by atoms with van der Waals surface area (Å²) >= 11 is 0. The summed E-state index contributed by atoms with van der Waals surface area (Å²) < 4.78 is 0. The highest BCUT2D eigenvalue weighted by Crippen LogP contribution is 2.44. The third kappa shape index (κ3) is 0.602. The maximum atomic E-state index is 10.5. The lowest BCUT2D eigenvalue weighted by Crippen LogP contribution is -2.09. The van der Waals surface area contributed by atoms with E-state index in [1.165, 1.54) is 0 Å². The maximum Gasteiger partial charge on any atom is 0.133 e. The standard InChI is InChI=1S/C7H8N2O/c10-5-7(1-2-7)6-8-3-4-9-6/h3-5H,1-2H2,(H,8,9). The molecule has 1 aromatic heterocycles. The molecule has 0 radical (unpaired) electrons. The first kappa shape index (κ1) is 5.65. The number of hydrogen-bond donors (Lipinski definition) is 1. The molecule has 10 heavy (non-hydrogen) atoms. The van der Waals surface area contributed by atoms with Crippen LogP contribution in [0.1, 0.15) is 18.7 Å². The number of aldehydes is 1. The Kier molecular flexibility index (Phi) is 0.952. The minimum absolute atomic E-state index is 0.233. The Balaban J connectivity index is 2.35. The van der Waals surface area contributed by atoms with Crippen molar-refractivity contribution in [2.24, 2.45) is 0 Å². The Morgan fingerprint density at radius 1 is 1.70 bits per heavy atom. The summed E-state index contributed by atoms with van der Waals surface area (Å²) in [5.41, 5.74) is -0.233. The number of nitrogens with one attached hydrogen (secondary N) is 1. The van der Waals surface area contributed by atoms with Crippen LogP contribution >= 0.6 is 0 Å². The fourth-order valence-corrected chi connectivity index (χ4v) is 1.08. The number of aromatic amines is 1. The van der Waals surface area contributed by atoms with E-state index in [0.29, 0.717) is 0 Å². The average molecular weight is 136 g/mol. The molecule has 0 unspecified atom stereocenters. The van der Waals surface area contributed by atoms with Gasteiger partial charge in [0.15, 0.2) is 0 Å². The van der Waals surface area contributed by atoms with Gasteiger partial charge in [0, 0.05) is 12.4 Å². The van der Waals surface area contributed by atoms with Gasteiger partial charge in [-0.3, -0.25) is 0 Å². The van der Waals surface area contributed by atoms with E-state index < -0.39 is 0 Å². The van der Waals surface area contributed by atoms with Crippen LogP contribution in [0.2, 0.25) is 0 Å². The Hall–Kier alpha value is -1.12. The highest BCUT2D eigenvalue weighted by molar-refractivity contribution is 5.70. The van der Waals surface area contributed by atoms with Gasteiger partial charge >= 0.3 is 0 Å². The van der Waals surface area contributed by atoms with E-state index >= 15 is 0 Å². The molecule has 1 saturated carbocycles. The third-order valence-electron chi connectivity index (χ3n) is 1.98. The molecule has 0 atom stereocenters. The molecular weight excluding hydrogens is 128 g/mol. The van der Waals surface area contributed by atoms with E-state index in [-0.39, 0.29) is 5.41 Å². The van der Waals surface area contributed by atoms with Crippen molar-refractivity contribution in [3.8, 4) is 0 Å². The van der Waals surface area contributed by atoms with Gasteiger partial charge in [0.25, 0.3) is 0 Å². The maximum absolute atomic E-state index is 10.5. The number of hydrogen-bond acceptors (Lipinski definition) is 2. The summed E-state index contributed by atoms with van der Waals surface area (Å²) in [5.74, 6) is 0.822. The normalized spacial score (nSPS) is 20.4.